The first-order valence-corrected chi connectivity index (χ1v) is 7.02. The van der Waals surface area contributed by atoms with Crippen molar-refractivity contribution in [3.05, 3.63) is 24.3 Å². The molecule has 0 aromatic heterocycles. The second kappa shape index (κ2) is 6.78. The molecule has 1 atom stereocenters. The molecule has 0 aliphatic carbocycles. The van der Waals surface area contributed by atoms with Gasteiger partial charge >= 0.3 is 0 Å². The van der Waals surface area contributed by atoms with Crippen molar-refractivity contribution in [1.82, 2.24) is 10.2 Å². The van der Waals surface area contributed by atoms with Crippen LogP contribution in [0.4, 0.5) is 5.69 Å². The van der Waals surface area contributed by atoms with Crippen LogP contribution in [-0.4, -0.2) is 57.8 Å². The van der Waals surface area contributed by atoms with Crippen LogP contribution < -0.4 is 15.0 Å². The van der Waals surface area contributed by atoms with Crippen molar-refractivity contribution >= 4 is 5.69 Å². The fourth-order valence-corrected chi connectivity index (χ4v) is 2.11. The molecular formula is C15H25N3O. The predicted octanol–water partition coefficient (Wildman–Crippen LogP) is 1.43. The van der Waals surface area contributed by atoms with Crippen LogP contribution in [0.1, 0.15) is 6.92 Å². The largest absolute Gasteiger partial charge is 0.490 e. The van der Waals surface area contributed by atoms with Crippen molar-refractivity contribution in [3.8, 4) is 5.75 Å². The number of hydrogen-bond acceptors (Lipinski definition) is 4. The Morgan fingerprint density at radius 3 is 2.63 bits per heavy atom. The molecule has 4 heteroatoms. The minimum absolute atomic E-state index is 0.413. The second-order valence-corrected chi connectivity index (χ2v) is 5.33. The summed E-state index contributed by atoms with van der Waals surface area (Å²) in [7, 11) is 4.16. The Bertz CT molecular complexity index is 389. The maximum Gasteiger partial charge on any atom is 0.142 e. The number of ether oxygens (including phenoxy) is 1. The maximum absolute atomic E-state index is 6.01. The van der Waals surface area contributed by atoms with E-state index in [4.69, 9.17) is 4.74 Å². The summed E-state index contributed by atoms with van der Waals surface area (Å²) in [5, 5.41) is 3.38. The van der Waals surface area contributed by atoms with E-state index in [-0.39, 0.29) is 0 Å². The van der Waals surface area contributed by atoms with E-state index in [1.807, 2.05) is 6.07 Å². The molecule has 0 radical (unpaired) electrons. The zero-order chi connectivity index (χ0) is 13.7. The van der Waals surface area contributed by atoms with Crippen molar-refractivity contribution < 1.29 is 4.74 Å². The van der Waals surface area contributed by atoms with Crippen LogP contribution in [-0.2, 0) is 0 Å². The Morgan fingerprint density at radius 1 is 1.26 bits per heavy atom. The van der Waals surface area contributed by atoms with Gasteiger partial charge in [0.2, 0.25) is 0 Å². The zero-order valence-electron chi connectivity index (χ0n) is 12.2. The number of nitrogens with one attached hydrogen (secondary N) is 1. The number of hydrogen-bond donors (Lipinski definition) is 1. The van der Waals surface area contributed by atoms with E-state index in [1.54, 1.807) is 0 Å². The van der Waals surface area contributed by atoms with E-state index < -0.39 is 0 Å². The number of likely N-dealkylation sites (N-methyl/N-ethyl adjacent to an activating group) is 1. The van der Waals surface area contributed by atoms with Crippen LogP contribution in [0.3, 0.4) is 0 Å². The standard InChI is InChI=1S/C15H25N3O/c1-13(17(2)3)12-19-15-7-5-4-6-14(15)18-10-8-16-9-11-18/h4-7,13,16H,8-12H2,1-3H3/t13-/m0/s1. The molecule has 1 aromatic rings. The third kappa shape index (κ3) is 3.85. The Hall–Kier alpha value is -1.26. The zero-order valence-corrected chi connectivity index (χ0v) is 12.2. The average Bonchev–Trinajstić information content (AvgIpc) is 2.46. The molecule has 1 aromatic carbocycles. The summed E-state index contributed by atoms with van der Waals surface area (Å²) in [6, 6.07) is 8.76. The van der Waals surface area contributed by atoms with Gasteiger partial charge in [-0.2, -0.15) is 0 Å². The second-order valence-electron chi connectivity index (χ2n) is 5.33. The van der Waals surface area contributed by atoms with Crippen LogP contribution in [0.5, 0.6) is 5.75 Å². The Morgan fingerprint density at radius 2 is 1.95 bits per heavy atom. The molecule has 0 spiro atoms. The fourth-order valence-electron chi connectivity index (χ4n) is 2.11. The van der Waals surface area contributed by atoms with Gasteiger partial charge in [-0.1, -0.05) is 12.1 Å². The number of nitrogens with zero attached hydrogens (tertiary/aromatic N) is 2. The molecule has 0 saturated carbocycles. The number of piperazine rings is 1. The SMILES string of the molecule is C[C@@H](COc1ccccc1N1CCNCC1)N(C)C. The third-order valence-corrected chi connectivity index (χ3v) is 3.68. The number of para-hydroxylation sites is 2. The highest BCUT2D eigenvalue weighted by Gasteiger charge is 2.15. The summed E-state index contributed by atoms with van der Waals surface area (Å²) < 4.78 is 6.01. The van der Waals surface area contributed by atoms with Gasteiger partial charge in [0.15, 0.2) is 0 Å². The molecule has 1 N–H and O–H groups in total. The Kier molecular flexibility index (Phi) is 5.05. The van der Waals surface area contributed by atoms with Crippen molar-refractivity contribution in [3.63, 3.8) is 0 Å². The first-order chi connectivity index (χ1) is 9.18. The Labute approximate surface area is 116 Å². The van der Waals surface area contributed by atoms with Crippen LogP contribution in [0, 0.1) is 0 Å². The van der Waals surface area contributed by atoms with E-state index >= 15 is 0 Å². The maximum atomic E-state index is 6.01. The monoisotopic (exact) mass is 263 g/mol. The predicted molar refractivity (Wildman–Crippen MR) is 80.2 cm³/mol. The molecule has 106 valence electrons. The molecule has 1 saturated heterocycles. The molecule has 0 unspecified atom stereocenters. The fraction of sp³-hybridized carbons (Fsp3) is 0.600. The molecule has 1 aliphatic heterocycles. The molecular weight excluding hydrogens is 238 g/mol. The van der Waals surface area contributed by atoms with E-state index in [1.165, 1.54) is 5.69 Å². The van der Waals surface area contributed by atoms with Gasteiger partial charge in [-0.15, -0.1) is 0 Å². The lowest BCUT2D eigenvalue weighted by Crippen LogP contribution is -2.43. The summed E-state index contributed by atoms with van der Waals surface area (Å²) >= 11 is 0. The number of anilines is 1. The number of benzene rings is 1. The third-order valence-electron chi connectivity index (χ3n) is 3.68. The summed E-state index contributed by atoms with van der Waals surface area (Å²) in [6.45, 7) is 7.07. The minimum atomic E-state index is 0.413. The molecule has 2 rings (SSSR count). The number of rotatable bonds is 5. The molecule has 1 fully saturated rings. The van der Waals surface area contributed by atoms with Crippen LogP contribution >= 0.6 is 0 Å². The van der Waals surface area contributed by atoms with Gasteiger partial charge in [-0.25, -0.2) is 0 Å². The van der Waals surface area contributed by atoms with Crippen molar-refractivity contribution in [1.29, 1.82) is 0 Å². The van der Waals surface area contributed by atoms with Gasteiger partial charge in [0.1, 0.15) is 12.4 Å². The van der Waals surface area contributed by atoms with E-state index in [2.05, 4.69) is 54.3 Å². The molecule has 19 heavy (non-hydrogen) atoms. The molecule has 0 amide bonds. The topological polar surface area (TPSA) is 27.7 Å². The van der Waals surface area contributed by atoms with Gasteiger partial charge < -0.3 is 19.9 Å². The van der Waals surface area contributed by atoms with Crippen molar-refractivity contribution in [2.24, 2.45) is 0 Å². The lowest BCUT2D eigenvalue weighted by molar-refractivity contribution is 0.198. The van der Waals surface area contributed by atoms with Crippen LogP contribution in [0.25, 0.3) is 0 Å². The average molecular weight is 263 g/mol. The first-order valence-electron chi connectivity index (χ1n) is 7.02. The van der Waals surface area contributed by atoms with Gasteiger partial charge in [-0.05, 0) is 33.2 Å². The normalized spacial score (nSPS) is 17.6. The van der Waals surface area contributed by atoms with Gasteiger partial charge in [-0.3, -0.25) is 0 Å². The Balaban J connectivity index is 2.03. The lowest BCUT2D eigenvalue weighted by Gasteiger charge is -2.31. The van der Waals surface area contributed by atoms with Crippen LogP contribution in [0.15, 0.2) is 24.3 Å². The summed E-state index contributed by atoms with van der Waals surface area (Å²) in [5.74, 6) is 0.998. The van der Waals surface area contributed by atoms with E-state index in [0.717, 1.165) is 38.5 Å². The van der Waals surface area contributed by atoms with E-state index in [9.17, 15) is 0 Å². The van der Waals surface area contributed by atoms with Crippen LogP contribution in [0.2, 0.25) is 0 Å². The van der Waals surface area contributed by atoms with Crippen molar-refractivity contribution in [2.75, 3.05) is 51.8 Å². The summed E-state index contributed by atoms with van der Waals surface area (Å²) in [6.07, 6.45) is 0. The summed E-state index contributed by atoms with van der Waals surface area (Å²) in [5.41, 5.74) is 1.22. The summed E-state index contributed by atoms with van der Waals surface area (Å²) in [4.78, 5) is 4.57. The molecule has 1 aliphatic rings. The quantitative estimate of drug-likeness (QED) is 0.869. The first kappa shape index (κ1) is 14.2. The van der Waals surface area contributed by atoms with Gasteiger partial charge in [0.25, 0.3) is 0 Å². The lowest BCUT2D eigenvalue weighted by atomic mass is 10.2. The highest BCUT2D eigenvalue weighted by atomic mass is 16.5. The molecule has 1 heterocycles. The molecule has 0 bridgehead atoms. The minimum Gasteiger partial charge on any atom is -0.490 e. The molecule has 4 nitrogen and oxygen atoms in total. The smallest absolute Gasteiger partial charge is 0.142 e. The van der Waals surface area contributed by atoms with Gasteiger partial charge in [0.05, 0.1) is 5.69 Å². The van der Waals surface area contributed by atoms with Crippen molar-refractivity contribution in [2.45, 2.75) is 13.0 Å². The highest BCUT2D eigenvalue weighted by molar-refractivity contribution is 5.58. The van der Waals surface area contributed by atoms with Gasteiger partial charge in [0, 0.05) is 32.2 Å². The van der Waals surface area contributed by atoms with E-state index in [0.29, 0.717) is 6.04 Å². The highest BCUT2D eigenvalue weighted by Crippen LogP contribution is 2.28.